The topological polar surface area (TPSA) is 107 Å². The number of carbonyl (C=O) groups excluding carboxylic acids is 1. The number of nitrogens with zero attached hydrogens (tertiary/aromatic N) is 1. The fourth-order valence-electron chi connectivity index (χ4n) is 2.95. The molecule has 4 rings (SSSR count). The molecule has 2 aromatic heterocycles. The van der Waals surface area contributed by atoms with Crippen LogP contribution in [-0.2, 0) is 10.0 Å². The van der Waals surface area contributed by atoms with Crippen molar-refractivity contribution in [1.82, 2.24) is 4.98 Å². The van der Waals surface area contributed by atoms with Crippen LogP contribution < -0.4 is 19.5 Å². The molecule has 0 radical (unpaired) electrons. The molecule has 0 aliphatic rings. The van der Waals surface area contributed by atoms with Gasteiger partial charge in [-0.05, 0) is 49.4 Å². The number of fused-ring (bicyclic) bond motifs is 1. The summed E-state index contributed by atoms with van der Waals surface area (Å²) in [5.41, 5.74) is 1.03. The maximum Gasteiger partial charge on any atom is 0.267 e. The molecule has 0 atom stereocenters. The van der Waals surface area contributed by atoms with Crippen LogP contribution in [0.1, 0.15) is 14.5 Å². The molecule has 11 heteroatoms. The summed E-state index contributed by atoms with van der Waals surface area (Å²) in [6.07, 6.45) is 0. The number of anilines is 2. The number of thiazole rings is 1. The van der Waals surface area contributed by atoms with E-state index in [2.05, 4.69) is 15.0 Å². The normalized spacial score (nSPS) is 11.3. The first kappa shape index (κ1) is 22.1. The number of aryl methyl sites for hydroxylation is 1. The highest BCUT2D eigenvalue weighted by Gasteiger charge is 2.18. The van der Waals surface area contributed by atoms with Crippen LogP contribution in [0.25, 0.3) is 10.2 Å². The van der Waals surface area contributed by atoms with Crippen molar-refractivity contribution in [1.29, 1.82) is 0 Å². The van der Waals surface area contributed by atoms with Crippen molar-refractivity contribution < 1.29 is 22.7 Å². The third-order valence-corrected chi connectivity index (χ3v) is 7.80. The average Bonchev–Trinajstić information content (AvgIpc) is 3.38. The van der Waals surface area contributed by atoms with E-state index in [1.807, 2.05) is 13.0 Å². The smallest absolute Gasteiger partial charge is 0.267 e. The second kappa shape index (κ2) is 8.77. The Morgan fingerprint density at radius 3 is 2.44 bits per heavy atom. The second-order valence-electron chi connectivity index (χ2n) is 6.69. The van der Waals surface area contributed by atoms with Crippen molar-refractivity contribution >= 4 is 59.6 Å². The van der Waals surface area contributed by atoms with Crippen molar-refractivity contribution in [3.8, 4) is 11.5 Å². The summed E-state index contributed by atoms with van der Waals surface area (Å²) in [7, 11) is -0.936. The van der Waals surface area contributed by atoms with E-state index in [1.54, 1.807) is 24.3 Å². The predicted octanol–water partition coefficient (Wildman–Crippen LogP) is 4.74. The molecule has 4 aromatic rings. The number of nitrogens with one attached hydrogen (secondary N) is 2. The highest BCUT2D eigenvalue weighted by atomic mass is 32.2. The Hall–Kier alpha value is -3.15. The molecule has 0 aliphatic heterocycles. The molecule has 8 nitrogen and oxygen atoms in total. The lowest BCUT2D eigenvalue weighted by atomic mass is 10.3. The second-order valence-corrected chi connectivity index (χ2v) is 10.7. The molecule has 2 N–H and O–H groups in total. The van der Waals surface area contributed by atoms with Crippen molar-refractivity contribution in [2.24, 2.45) is 0 Å². The summed E-state index contributed by atoms with van der Waals surface area (Å²) in [5.74, 6) is 0.524. The monoisotopic (exact) mass is 489 g/mol. The highest BCUT2D eigenvalue weighted by Crippen LogP contribution is 2.32. The summed E-state index contributed by atoms with van der Waals surface area (Å²) in [6.45, 7) is 1.93. The first-order chi connectivity index (χ1) is 15.3. The number of benzene rings is 2. The zero-order chi connectivity index (χ0) is 22.9. The lowest BCUT2D eigenvalue weighted by Gasteiger charge is -2.11. The van der Waals surface area contributed by atoms with E-state index in [1.165, 1.54) is 55.1 Å². The van der Waals surface area contributed by atoms with Gasteiger partial charge in [0, 0.05) is 10.9 Å². The molecule has 0 saturated carbocycles. The molecule has 0 fully saturated rings. The van der Waals surface area contributed by atoms with Gasteiger partial charge in [0.25, 0.3) is 15.9 Å². The Morgan fingerprint density at radius 1 is 0.969 bits per heavy atom. The van der Waals surface area contributed by atoms with Gasteiger partial charge in [-0.2, -0.15) is 0 Å². The van der Waals surface area contributed by atoms with Gasteiger partial charge in [-0.3, -0.25) is 14.8 Å². The standard InChI is InChI=1S/C21H19N3O5S3/c1-12-4-9-18(30-12)20(25)23-21-22-15-7-5-13(10-19(15)31-21)24-32(26,27)14-6-8-16(28-2)17(11-14)29-3/h4-11,24H,1-3H3,(H,22,23,25). The van der Waals surface area contributed by atoms with Crippen LogP contribution in [0.15, 0.2) is 53.4 Å². The zero-order valence-electron chi connectivity index (χ0n) is 17.3. The van der Waals surface area contributed by atoms with Crippen molar-refractivity contribution in [2.45, 2.75) is 11.8 Å². The van der Waals surface area contributed by atoms with Gasteiger partial charge in [-0.1, -0.05) is 11.3 Å². The van der Waals surface area contributed by atoms with Crippen LogP contribution in [0.5, 0.6) is 11.5 Å². The Balaban J connectivity index is 1.55. The summed E-state index contributed by atoms with van der Waals surface area (Å²) in [4.78, 5) is 18.5. The number of hydrogen-bond acceptors (Lipinski definition) is 8. The van der Waals surface area contributed by atoms with E-state index in [-0.39, 0.29) is 10.8 Å². The van der Waals surface area contributed by atoms with Gasteiger partial charge in [0.15, 0.2) is 16.6 Å². The van der Waals surface area contributed by atoms with E-state index in [0.29, 0.717) is 32.7 Å². The SMILES string of the molecule is COc1ccc(S(=O)(=O)Nc2ccc3nc(NC(=O)c4ccc(C)s4)sc3c2)cc1OC. The maximum atomic E-state index is 12.8. The minimum absolute atomic E-state index is 0.0405. The van der Waals surface area contributed by atoms with Gasteiger partial charge in [0.2, 0.25) is 0 Å². The lowest BCUT2D eigenvalue weighted by Crippen LogP contribution is -2.13. The van der Waals surface area contributed by atoms with Crippen LogP contribution in [0.3, 0.4) is 0 Å². The van der Waals surface area contributed by atoms with E-state index in [4.69, 9.17) is 9.47 Å². The molecular weight excluding hydrogens is 470 g/mol. The molecule has 1 amide bonds. The third-order valence-electron chi connectivity index (χ3n) is 4.49. The number of carbonyl (C=O) groups is 1. The Kier molecular flexibility index (Phi) is 6.04. The fourth-order valence-corrected chi connectivity index (χ4v) is 5.68. The van der Waals surface area contributed by atoms with Crippen molar-refractivity contribution in [3.63, 3.8) is 0 Å². The third kappa shape index (κ3) is 4.54. The van der Waals surface area contributed by atoms with Crippen LogP contribution >= 0.6 is 22.7 Å². The quantitative estimate of drug-likeness (QED) is 0.388. The van der Waals surface area contributed by atoms with Crippen LogP contribution in [-0.4, -0.2) is 33.5 Å². The molecule has 0 aliphatic carbocycles. The van der Waals surface area contributed by atoms with Gasteiger partial charge in [0.05, 0.1) is 39.9 Å². The number of hydrogen-bond donors (Lipinski definition) is 2. The number of sulfonamides is 1. The van der Waals surface area contributed by atoms with E-state index in [0.717, 1.165) is 9.58 Å². The average molecular weight is 490 g/mol. The summed E-state index contributed by atoms with van der Waals surface area (Å²) < 4.78 is 39.3. The molecule has 166 valence electrons. The highest BCUT2D eigenvalue weighted by molar-refractivity contribution is 7.92. The Bertz CT molecular complexity index is 1410. The van der Waals surface area contributed by atoms with E-state index in [9.17, 15) is 13.2 Å². The molecular formula is C21H19N3O5S3. The zero-order valence-corrected chi connectivity index (χ0v) is 19.8. The number of methoxy groups -OCH3 is 2. The fraction of sp³-hybridized carbons (Fsp3) is 0.143. The molecule has 0 saturated heterocycles. The first-order valence-corrected chi connectivity index (χ1v) is 12.4. The van der Waals surface area contributed by atoms with Crippen molar-refractivity contribution in [3.05, 3.63) is 58.3 Å². The van der Waals surface area contributed by atoms with Gasteiger partial charge in [-0.25, -0.2) is 13.4 Å². The molecule has 2 aromatic carbocycles. The van der Waals surface area contributed by atoms with Gasteiger partial charge in [0.1, 0.15) is 0 Å². The molecule has 0 unspecified atom stereocenters. The number of aromatic nitrogens is 1. The van der Waals surface area contributed by atoms with E-state index >= 15 is 0 Å². The Labute approximate surface area is 192 Å². The van der Waals surface area contributed by atoms with E-state index < -0.39 is 10.0 Å². The van der Waals surface area contributed by atoms with Crippen molar-refractivity contribution in [2.75, 3.05) is 24.3 Å². The van der Waals surface area contributed by atoms with Crippen LogP contribution in [0.4, 0.5) is 10.8 Å². The number of rotatable bonds is 7. The summed E-state index contributed by atoms with van der Waals surface area (Å²) >= 11 is 2.67. The van der Waals surface area contributed by atoms with Gasteiger partial charge in [-0.15, -0.1) is 11.3 Å². The minimum Gasteiger partial charge on any atom is -0.493 e. The van der Waals surface area contributed by atoms with Crippen LogP contribution in [0.2, 0.25) is 0 Å². The summed E-state index contributed by atoms with van der Waals surface area (Å²) in [5, 5.41) is 3.23. The van der Waals surface area contributed by atoms with Gasteiger partial charge < -0.3 is 9.47 Å². The number of thiophene rings is 1. The van der Waals surface area contributed by atoms with Crippen LogP contribution in [0, 0.1) is 6.92 Å². The predicted molar refractivity (Wildman–Crippen MR) is 127 cm³/mol. The van der Waals surface area contributed by atoms with Gasteiger partial charge >= 0.3 is 0 Å². The molecule has 32 heavy (non-hydrogen) atoms. The number of ether oxygens (including phenoxy) is 2. The summed E-state index contributed by atoms with van der Waals surface area (Å²) in [6, 6.07) is 13.0. The lowest BCUT2D eigenvalue weighted by molar-refractivity contribution is 0.103. The Morgan fingerprint density at radius 2 is 1.75 bits per heavy atom. The molecule has 0 bridgehead atoms. The largest absolute Gasteiger partial charge is 0.493 e. The maximum absolute atomic E-state index is 12.8. The number of amides is 1. The molecule has 0 spiro atoms. The molecule has 2 heterocycles. The minimum atomic E-state index is -3.86. The first-order valence-electron chi connectivity index (χ1n) is 9.32.